The number of carbonyl (C=O) groups is 1. The van der Waals surface area contributed by atoms with E-state index in [4.69, 9.17) is 0 Å². The summed E-state index contributed by atoms with van der Waals surface area (Å²) in [6, 6.07) is 3.69. The standard InChI is InChI=1S/C16H25N3O/c1-3-17-14-7-8-18-15(10-14)16(20)19-11-13-6-4-5-12(2)9-13/h7-8,10,12-13H,3-6,9,11H2,1-2H3,(H,17,18)(H,19,20). The van der Waals surface area contributed by atoms with E-state index in [1.165, 1.54) is 25.7 Å². The van der Waals surface area contributed by atoms with E-state index in [2.05, 4.69) is 22.5 Å². The SMILES string of the molecule is CCNc1ccnc(C(=O)NCC2CCCC(C)C2)c1. The molecule has 4 nitrogen and oxygen atoms in total. The smallest absolute Gasteiger partial charge is 0.269 e. The lowest BCUT2D eigenvalue weighted by Crippen LogP contribution is -2.32. The van der Waals surface area contributed by atoms with Crippen LogP contribution in [0.1, 0.15) is 50.0 Å². The highest BCUT2D eigenvalue weighted by atomic mass is 16.1. The van der Waals surface area contributed by atoms with Gasteiger partial charge in [0.2, 0.25) is 0 Å². The molecule has 0 saturated heterocycles. The third kappa shape index (κ3) is 4.22. The minimum atomic E-state index is -0.0667. The van der Waals surface area contributed by atoms with E-state index in [1.807, 2.05) is 19.1 Å². The van der Waals surface area contributed by atoms with Crippen molar-refractivity contribution in [1.82, 2.24) is 10.3 Å². The number of hydrogen-bond donors (Lipinski definition) is 2. The van der Waals surface area contributed by atoms with Gasteiger partial charge in [0, 0.05) is 25.0 Å². The van der Waals surface area contributed by atoms with Gasteiger partial charge in [-0.25, -0.2) is 0 Å². The van der Waals surface area contributed by atoms with Crippen molar-refractivity contribution in [2.75, 3.05) is 18.4 Å². The maximum absolute atomic E-state index is 12.1. The number of pyridine rings is 1. The average molecular weight is 275 g/mol. The Balaban J connectivity index is 1.86. The molecular formula is C16H25N3O. The molecular weight excluding hydrogens is 250 g/mol. The van der Waals surface area contributed by atoms with Crippen LogP contribution in [0.25, 0.3) is 0 Å². The van der Waals surface area contributed by atoms with Crippen LogP contribution in [0.2, 0.25) is 0 Å². The maximum Gasteiger partial charge on any atom is 0.269 e. The molecule has 1 aliphatic carbocycles. The lowest BCUT2D eigenvalue weighted by molar-refractivity contribution is 0.0935. The van der Waals surface area contributed by atoms with E-state index < -0.39 is 0 Å². The fourth-order valence-corrected chi connectivity index (χ4v) is 2.94. The zero-order valence-corrected chi connectivity index (χ0v) is 12.5. The van der Waals surface area contributed by atoms with Crippen molar-refractivity contribution in [3.8, 4) is 0 Å². The predicted octanol–water partition coefficient (Wildman–Crippen LogP) is 3.07. The number of rotatable bonds is 5. The van der Waals surface area contributed by atoms with Gasteiger partial charge in [0.1, 0.15) is 5.69 Å². The Labute approximate surface area is 121 Å². The quantitative estimate of drug-likeness (QED) is 0.868. The first-order chi connectivity index (χ1) is 9.69. The Morgan fingerprint density at radius 2 is 2.30 bits per heavy atom. The predicted molar refractivity (Wildman–Crippen MR) is 81.9 cm³/mol. The lowest BCUT2D eigenvalue weighted by atomic mass is 9.82. The summed E-state index contributed by atoms with van der Waals surface area (Å²) in [7, 11) is 0. The van der Waals surface area contributed by atoms with Crippen LogP contribution in [0.5, 0.6) is 0 Å². The number of carbonyl (C=O) groups excluding carboxylic acids is 1. The molecule has 2 atom stereocenters. The Kier molecular flexibility index (Phi) is 5.39. The van der Waals surface area contributed by atoms with Gasteiger partial charge in [-0.05, 0) is 43.7 Å². The second-order valence-electron chi connectivity index (χ2n) is 5.81. The molecule has 0 aromatic carbocycles. The van der Waals surface area contributed by atoms with Crippen LogP contribution >= 0.6 is 0 Å². The molecule has 4 heteroatoms. The molecule has 110 valence electrons. The van der Waals surface area contributed by atoms with E-state index in [9.17, 15) is 4.79 Å². The second kappa shape index (κ2) is 7.27. The van der Waals surface area contributed by atoms with Crippen LogP contribution in [-0.4, -0.2) is 24.0 Å². The van der Waals surface area contributed by atoms with E-state index in [1.54, 1.807) is 6.20 Å². The van der Waals surface area contributed by atoms with Gasteiger partial charge >= 0.3 is 0 Å². The maximum atomic E-state index is 12.1. The molecule has 1 fully saturated rings. The Morgan fingerprint density at radius 1 is 1.45 bits per heavy atom. The number of anilines is 1. The van der Waals surface area contributed by atoms with Crippen molar-refractivity contribution < 1.29 is 4.79 Å². The molecule has 2 N–H and O–H groups in total. The van der Waals surface area contributed by atoms with Gasteiger partial charge in [0.25, 0.3) is 5.91 Å². The summed E-state index contributed by atoms with van der Waals surface area (Å²) < 4.78 is 0. The molecule has 20 heavy (non-hydrogen) atoms. The highest BCUT2D eigenvalue weighted by molar-refractivity contribution is 5.93. The van der Waals surface area contributed by atoms with Crippen molar-refractivity contribution in [2.45, 2.75) is 39.5 Å². The summed E-state index contributed by atoms with van der Waals surface area (Å²) in [4.78, 5) is 16.3. The largest absolute Gasteiger partial charge is 0.385 e. The first kappa shape index (κ1) is 14.8. The molecule has 1 aromatic rings. The monoisotopic (exact) mass is 275 g/mol. The molecule has 2 unspecified atom stereocenters. The second-order valence-corrected chi connectivity index (χ2v) is 5.81. The van der Waals surface area contributed by atoms with Gasteiger partial charge in [-0.3, -0.25) is 9.78 Å². The Morgan fingerprint density at radius 3 is 3.05 bits per heavy atom. The molecule has 1 heterocycles. The van der Waals surface area contributed by atoms with Crippen molar-refractivity contribution in [2.24, 2.45) is 11.8 Å². The first-order valence-corrected chi connectivity index (χ1v) is 7.67. The van der Waals surface area contributed by atoms with Crippen LogP contribution < -0.4 is 10.6 Å². The molecule has 0 radical (unpaired) electrons. The molecule has 0 spiro atoms. The Bertz CT molecular complexity index is 447. The third-order valence-electron chi connectivity index (χ3n) is 3.97. The summed E-state index contributed by atoms with van der Waals surface area (Å²) in [5.41, 5.74) is 1.44. The summed E-state index contributed by atoms with van der Waals surface area (Å²) in [6.45, 7) is 5.95. The van der Waals surface area contributed by atoms with Crippen LogP contribution in [0.4, 0.5) is 5.69 Å². The van der Waals surface area contributed by atoms with Crippen LogP contribution in [0.15, 0.2) is 18.3 Å². The fraction of sp³-hybridized carbons (Fsp3) is 0.625. The normalized spacial score (nSPS) is 22.3. The molecule has 1 amide bonds. The van der Waals surface area contributed by atoms with Gasteiger partial charge in [-0.2, -0.15) is 0 Å². The van der Waals surface area contributed by atoms with Crippen LogP contribution in [-0.2, 0) is 0 Å². The summed E-state index contributed by atoms with van der Waals surface area (Å²) >= 11 is 0. The Hall–Kier alpha value is -1.58. The number of hydrogen-bond acceptors (Lipinski definition) is 3. The number of nitrogens with zero attached hydrogens (tertiary/aromatic N) is 1. The van der Waals surface area contributed by atoms with Gasteiger partial charge in [-0.15, -0.1) is 0 Å². The number of aromatic nitrogens is 1. The molecule has 1 saturated carbocycles. The molecule has 0 bridgehead atoms. The van der Waals surface area contributed by atoms with E-state index >= 15 is 0 Å². The minimum absolute atomic E-state index is 0.0667. The zero-order chi connectivity index (χ0) is 14.4. The van der Waals surface area contributed by atoms with Crippen molar-refractivity contribution in [1.29, 1.82) is 0 Å². The lowest BCUT2D eigenvalue weighted by Gasteiger charge is -2.26. The van der Waals surface area contributed by atoms with Gasteiger partial charge in [-0.1, -0.05) is 19.8 Å². The number of nitrogens with one attached hydrogen (secondary N) is 2. The minimum Gasteiger partial charge on any atom is -0.385 e. The molecule has 1 aliphatic rings. The van der Waals surface area contributed by atoms with Gasteiger partial charge in [0.05, 0.1) is 0 Å². The molecule has 0 aliphatic heterocycles. The van der Waals surface area contributed by atoms with Crippen LogP contribution in [0, 0.1) is 11.8 Å². The number of amides is 1. The molecule has 2 rings (SSSR count). The van der Waals surface area contributed by atoms with Crippen molar-refractivity contribution >= 4 is 11.6 Å². The fourth-order valence-electron chi connectivity index (χ4n) is 2.94. The van der Waals surface area contributed by atoms with E-state index in [0.717, 1.165) is 24.7 Å². The topological polar surface area (TPSA) is 54.0 Å². The summed E-state index contributed by atoms with van der Waals surface area (Å²) in [6.07, 6.45) is 6.75. The van der Waals surface area contributed by atoms with E-state index in [-0.39, 0.29) is 5.91 Å². The van der Waals surface area contributed by atoms with Crippen molar-refractivity contribution in [3.05, 3.63) is 24.0 Å². The van der Waals surface area contributed by atoms with Crippen LogP contribution in [0.3, 0.4) is 0 Å². The van der Waals surface area contributed by atoms with Gasteiger partial charge in [0.15, 0.2) is 0 Å². The molecule has 1 aromatic heterocycles. The van der Waals surface area contributed by atoms with E-state index in [0.29, 0.717) is 11.6 Å². The van der Waals surface area contributed by atoms with Crippen molar-refractivity contribution in [3.63, 3.8) is 0 Å². The van der Waals surface area contributed by atoms with Gasteiger partial charge < -0.3 is 10.6 Å². The average Bonchev–Trinajstić information content (AvgIpc) is 2.45. The first-order valence-electron chi connectivity index (χ1n) is 7.67. The third-order valence-corrected chi connectivity index (χ3v) is 3.97. The highest BCUT2D eigenvalue weighted by Gasteiger charge is 2.19. The summed E-state index contributed by atoms with van der Waals surface area (Å²) in [5.74, 6) is 1.35. The summed E-state index contributed by atoms with van der Waals surface area (Å²) in [5, 5.41) is 6.22. The highest BCUT2D eigenvalue weighted by Crippen LogP contribution is 2.27. The zero-order valence-electron chi connectivity index (χ0n) is 12.5.